The van der Waals surface area contributed by atoms with Gasteiger partial charge in [-0.2, -0.15) is 0 Å². The van der Waals surface area contributed by atoms with Crippen LogP contribution in [0.25, 0.3) is 11.1 Å². The lowest BCUT2D eigenvalue weighted by molar-refractivity contribution is 0.483. The lowest BCUT2D eigenvalue weighted by Crippen LogP contribution is -2.11. The van der Waals surface area contributed by atoms with E-state index in [2.05, 4.69) is 161 Å². The molecule has 0 fully saturated rings. The van der Waals surface area contributed by atoms with Crippen molar-refractivity contribution in [3.63, 3.8) is 0 Å². The number of nitrogens with zero attached hydrogens (tertiary/aromatic N) is 2. The first-order chi connectivity index (χ1) is 21.7. The van der Waals surface area contributed by atoms with Crippen molar-refractivity contribution in [3.8, 4) is 22.6 Å². The van der Waals surface area contributed by atoms with Gasteiger partial charge in [0.2, 0.25) is 0 Å². The molecule has 0 aliphatic heterocycles. The topological polar surface area (TPSA) is 15.7 Å². The van der Waals surface area contributed by atoms with Crippen LogP contribution in [0.1, 0.15) is 27.8 Å². The van der Waals surface area contributed by atoms with E-state index in [1.54, 1.807) is 0 Å². The third-order valence-corrected chi connectivity index (χ3v) is 8.37. The van der Waals surface area contributed by atoms with Gasteiger partial charge >= 0.3 is 0 Å². The Labute approximate surface area is 268 Å². The fraction of sp³-hybridized carbons (Fsp3) is 0.143. The quantitative estimate of drug-likeness (QED) is 0.176. The van der Waals surface area contributed by atoms with Gasteiger partial charge in [0.15, 0.2) is 0 Å². The van der Waals surface area contributed by atoms with E-state index in [1.165, 1.54) is 44.6 Å². The van der Waals surface area contributed by atoms with Crippen molar-refractivity contribution in [2.45, 2.75) is 34.6 Å². The molecule has 0 saturated carbocycles. The number of benzene rings is 6. The fourth-order valence-corrected chi connectivity index (χ4v) is 5.89. The molecular weight excluding hydrogens is 548 g/mol. The molecule has 3 nitrogen and oxygen atoms in total. The van der Waals surface area contributed by atoms with Crippen LogP contribution in [0.2, 0.25) is 0 Å². The summed E-state index contributed by atoms with van der Waals surface area (Å²) in [6.45, 7) is 10.7. The van der Waals surface area contributed by atoms with Gasteiger partial charge in [0.1, 0.15) is 11.5 Å². The zero-order valence-electron chi connectivity index (χ0n) is 27.0. The molecule has 0 aromatic heterocycles. The smallest absolute Gasteiger partial charge is 0.127 e. The maximum absolute atomic E-state index is 6.28. The minimum atomic E-state index is 0.796. The Morgan fingerprint density at radius 3 is 1.29 bits per heavy atom. The average Bonchev–Trinajstić information content (AvgIpc) is 3.04. The number of hydrogen-bond donors (Lipinski definition) is 0. The second-order valence-electron chi connectivity index (χ2n) is 12.0. The molecule has 6 aromatic carbocycles. The number of ether oxygens (including phenoxy) is 1. The van der Waals surface area contributed by atoms with Crippen LogP contribution in [0.3, 0.4) is 0 Å². The normalized spacial score (nSPS) is 10.9. The molecule has 0 aliphatic rings. The van der Waals surface area contributed by atoms with Crippen molar-refractivity contribution in [2.75, 3.05) is 16.8 Å². The van der Waals surface area contributed by atoms with Crippen LogP contribution in [0.4, 0.5) is 28.4 Å². The van der Waals surface area contributed by atoms with Crippen molar-refractivity contribution in [1.29, 1.82) is 0 Å². The zero-order chi connectivity index (χ0) is 31.5. The summed E-state index contributed by atoms with van der Waals surface area (Å²) in [6, 6.07) is 47.3. The van der Waals surface area contributed by atoms with Crippen molar-refractivity contribution < 1.29 is 4.74 Å². The van der Waals surface area contributed by atoms with Gasteiger partial charge in [-0.1, -0.05) is 77.4 Å². The van der Waals surface area contributed by atoms with E-state index in [9.17, 15) is 0 Å². The Morgan fingerprint density at radius 1 is 0.400 bits per heavy atom. The monoisotopic (exact) mass is 588 g/mol. The van der Waals surface area contributed by atoms with Crippen LogP contribution in [-0.2, 0) is 0 Å². The number of hydrogen-bond acceptors (Lipinski definition) is 3. The maximum Gasteiger partial charge on any atom is 0.127 e. The highest BCUT2D eigenvalue weighted by atomic mass is 16.5. The van der Waals surface area contributed by atoms with Crippen LogP contribution in [0.15, 0.2) is 133 Å². The van der Waals surface area contributed by atoms with Crippen molar-refractivity contribution in [2.24, 2.45) is 0 Å². The molecule has 6 rings (SSSR count). The van der Waals surface area contributed by atoms with Crippen molar-refractivity contribution >= 4 is 28.4 Å². The predicted octanol–water partition coefficient (Wildman–Crippen LogP) is 11.9. The summed E-state index contributed by atoms with van der Waals surface area (Å²) in [6.07, 6.45) is 0. The Balaban J connectivity index is 1.24. The summed E-state index contributed by atoms with van der Waals surface area (Å²) in [4.78, 5) is 4.53. The van der Waals surface area contributed by atoms with E-state index in [0.29, 0.717) is 0 Å². The highest BCUT2D eigenvalue weighted by Crippen LogP contribution is 2.39. The molecule has 0 saturated heterocycles. The molecule has 0 amide bonds. The summed E-state index contributed by atoms with van der Waals surface area (Å²) in [5.74, 6) is 1.60. The van der Waals surface area contributed by atoms with Gasteiger partial charge < -0.3 is 14.5 Å². The largest absolute Gasteiger partial charge is 0.457 e. The van der Waals surface area contributed by atoms with Crippen molar-refractivity contribution in [1.82, 2.24) is 0 Å². The molecule has 3 heteroatoms. The molecule has 0 N–H and O–H groups in total. The van der Waals surface area contributed by atoms with Crippen LogP contribution < -0.4 is 14.5 Å². The van der Waals surface area contributed by atoms with Gasteiger partial charge in [0, 0.05) is 35.5 Å². The van der Waals surface area contributed by atoms with E-state index in [0.717, 1.165) is 34.2 Å². The summed E-state index contributed by atoms with van der Waals surface area (Å²) in [5.41, 5.74) is 14.3. The molecule has 224 valence electrons. The number of anilines is 5. The van der Waals surface area contributed by atoms with Gasteiger partial charge in [0.05, 0.1) is 0 Å². The Hall–Kier alpha value is -5.28. The Bertz CT molecular complexity index is 1910. The molecule has 0 atom stereocenters. The highest BCUT2D eigenvalue weighted by molar-refractivity contribution is 5.80. The lowest BCUT2D eigenvalue weighted by atomic mass is 10.0. The van der Waals surface area contributed by atoms with Crippen molar-refractivity contribution in [3.05, 3.63) is 161 Å². The van der Waals surface area contributed by atoms with Crippen LogP contribution in [0.5, 0.6) is 11.5 Å². The van der Waals surface area contributed by atoms with Gasteiger partial charge in [-0.15, -0.1) is 0 Å². The van der Waals surface area contributed by atoms with Crippen LogP contribution in [0, 0.1) is 34.6 Å². The van der Waals surface area contributed by atoms with E-state index in [4.69, 9.17) is 4.74 Å². The van der Waals surface area contributed by atoms with E-state index >= 15 is 0 Å². The van der Waals surface area contributed by atoms with Crippen LogP contribution >= 0.6 is 0 Å². The highest BCUT2D eigenvalue weighted by Gasteiger charge is 2.16. The van der Waals surface area contributed by atoms with E-state index in [1.807, 2.05) is 24.3 Å². The predicted molar refractivity (Wildman–Crippen MR) is 191 cm³/mol. The summed E-state index contributed by atoms with van der Waals surface area (Å²) in [5, 5.41) is 0. The van der Waals surface area contributed by atoms with Gasteiger partial charge in [0.25, 0.3) is 0 Å². The molecule has 0 bridgehead atoms. The van der Waals surface area contributed by atoms with Gasteiger partial charge in [-0.05, 0) is 130 Å². The third-order valence-electron chi connectivity index (χ3n) is 8.37. The summed E-state index contributed by atoms with van der Waals surface area (Å²) < 4.78 is 6.28. The molecule has 45 heavy (non-hydrogen) atoms. The Morgan fingerprint density at radius 2 is 0.800 bits per heavy atom. The molecule has 0 radical (unpaired) electrons. The molecular formula is C42H40N2O. The van der Waals surface area contributed by atoms with E-state index < -0.39 is 0 Å². The molecule has 6 aromatic rings. The Kier molecular flexibility index (Phi) is 8.44. The molecule has 0 heterocycles. The standard InChI is InChI=1S/C42H40N2O/c1-29-7-11-34(12-8-29)35-13-15-37(16-14-35)44(42-26-10-31(3)28-33(42)5)38-19-23-40(24-20-38)45-39-21-17-36(18-22-39)43(6)41-25-9-30(2)27-32(41)4/h7-28H,1-6H3. The van der Waals surface area contributed by atoms with Gasteiger partial charge in [-0.3, -0.25) is 0 Å². The second kappa shape index (κ2) is 12.8. The molecule has 0 aliphatic carbocycles. The second-order valence-corrected chi connectivity index (χ2v) is 12.0. The fourth-order valence-electron chi connectivity index (χ4n) is 5.89. The SMILES string of the molecule is Cc1ccc(-c2ccc(N(c3ccc(Oc4ccc(N(C)c5ccc(C)cc5C)cc4)cc3)c3ccc(C)cc3C)cc2)cc1. The molecule has 0 spiro atoms. The minimum Gasteiger partial charge on any atom is -0.457 e. The molecule has 0 unspecified atom stereocenters. The van der Waals surface area contributed by atoms with Crippen LogP contribution in [-0.4, -0.2) is 7.05 Å². The maximum atomic E-state index is 6.28. The first-order valence-corrected chi connectivity index (χ1v) is 15.5. The number of rotatable bonds is 8. The third kappa shape index (κ3) is 6.63. The zero-order valence-corrected chi connectivity index (χ0v) is 27.0. The summed E-state index contributed by atoms with van der Waals surface area (Å²) in [7, 11) is 2.10. The van der Waals surface area contributed by atoms with Gasteiger partial charge in [-0.25, -0.2) is 0 Å². The average molecular weight is 589 g/mol. The first kappa shape index (κ1) is 29.8. The first-order valence-electron chi connectivity index (χ1n) is 15.5. The summed E-state index contributed by atoms with van der Waals surface area (Å²) >= 11 is 0. The lowest BCUT2D eigenvalue weighted by Gasteiger charge is -2.27. The number of aryl methyl sites for hydroxylation is 5. The minimum absolute atomic E-state index is 0.796. The van der Waals surface area contributed by atoms with E-state index in [-0.39, 0.29) is 0 Å².